The molecule has 0 radical (unpaired) electrons. The number of nitrogens with zero attached hydrogens (tertiary/aromatic N) is 5. The largest absolute Gasteiger partial charge is 0.327 e. The predicted octanol–water partition coefficient (Wildman–Crippen LogP) is 2.99. The van der Waals surface area contributed by atoms with Crippen molar-refractivity contribution in [1.29, 1.82) is 0 Å². The van der Waals surface area contributed by atoms with E-state index in [1.165, 1.54) is 0 Å². The quantitative estimate of drug-likeness (QED) is 0.773. The number of aromatic nitrogens is 4. The lowest BCUT2D eigenvalue weighted by Crippen LogP contribution is -2.34. The first-order chi connectivity index (χ1) is 11.6. The van der Waals surface area contributed by atoms with E-state index in [2.05, 4.69) is 27.3 Å². The van der Waals surface area contributed by atoms with Gasteiger partial charge < -0.3 is 10.2 Å². The number of thiazole rings is 1. The van der Waals surface area contributed by atoms with Gasteiger partial charge in [-0.2, -0.15) is 5.10 Å². The minimum Gasteiger partial charge on any atom is -0.327 e. The number of amides is 2. The Labute approximate surface area is 144 Å². The van der Waals surface area contributed by atoms with Crippen LogP contribution in [0.15, 0.2) is 48.4 Å². The number of likely N-dealkylation sites (N-methyl/N-ethyl adjacent to an activating group) is 1. The normalized spacial score (nSPS) is 11.9. The first kappa shape index (κ1) is 16.1. The van der Waals surface area contributed by atoms with Crippen molar-refractivity contribution in [3.8, 4) is 5.82 Å². The first-order valence-corrected chi connectivity index (χ1v) is 8.39. The van der Waals surface area contributed by atoms with Gasteiger partial charge in [0.1, 0.15) is 0 Å². The van der Waals surface area contributed by atoms with Crippen LogP contribution in [-0.4, -0.2) is 44.3 Å². The molecule has 1 N–H and O–H groups in total. The summed E-state index contributed by atoms with van der Waals surface area (Å²) in [6, 6.07) is 5.27. The van der Waals surface area contributed by atoms with Gasteiger partial charge in [0.2, 0.25) is 0 Å². The third kappa shape index (κ3) is 3.77. The number of carbonyl (C=O) groups excluding carboxylic acids is 1. The molecule has 0 fully saturated rings. The van der Waals surface area contributed by atoms with Crippen LogP contribution < -0.4 is 5.32 Å². The van der Waals surface area contributed by atoms with Gasteiger partial charge in [-0.05, 0) is 18.2 Å². The average Bonchev–Trinajstić information content (AvgIpc) is 3.29. The Kier molecular flexibility index (Phi) is 4.85. The molecule has 0 spiro atoms. The Morgan fingerprint density at radius 2 is 2.25 bits per heavy atom. The molecule has 0 aromatic carbocycles. The number of nitrogens with one attached hydrogen (secondary N) is 1. The Morgan fingerprint density at radius 1 is 1.38 bits per heavy atom. The number of anilines is 1. The van der Waals surface area contributed by atoms with Crippen LogP contribution in [0.4, 0.5) is 10.5 Å². The maximum atomic E-state index is 12.3. The number of rotatable bonds is 5. The van der Waals surface area contributed by atoms with E-state index in [9.17, 15) is 4.79 Å². The summed E-state index contributed by atoms with van der Waals surface area (Å²) >= 11 is 1.60. The third-order valence-corrected chi connectivity index (χ3v) is 4.51. The molecule has 3 aromatic rings. The van der Waals surface area contributed by atoms with Gasteiger partial charge in [-0.25, -0.2) is 19.4 Å². The molecule has 7 nitrogen and oxygen atoms in total. The van der Waals surface area contributed by atoms with Crippen LogP contribution in [0.25, 0.3) is 5.82 Å². The van der Waals surface area contributed by atoms with Crippen molar-refractivity contribution in [2.45, 2.75) is 12.8 Å². The summed E-state index contributed by atoms with van der Waals surface area (Å²) in [7, 11) is 1.77. The smallest absolute Gasteiger partial charge is 0.321 e. The van der Waals surface area contributed by atoms with Gasteiger partial charge in [-0.15, -0.1) is 11.3 Å². The fraction of sp³-hybridized carbons (Fsp3) is 0.250. The predicted molar refractivity (Wildman–Crippen MR) is 93.5 cm³/mol. The van der Waals surface area contributed by atoms with Crippen molar-refractivity contribution in [3.63, 3.8) is 0 Å². The van der Waals surface area contributed by atoms with Gasteiger partial charge in [0.15, 0.2) is 5.82 Å². The monoisotopic (exact) mass is 342 g/mol. The van der Waals surface area contributed by atoms with Crippen molar-refractivity contribution in [3.05, 3.63) is 53.4 Å². The molecule has 124 valence electrons. The molecule has 0 saturated heterocycles. The van der Waals surface area contributed by atoms with Crippen molar-refractivity contribution < 1.29 is 4.79 Å². The number of hydrogen-bond acceptors (Lipinski definition) is 5. The second-order valence-corrected chi connectivity index (χ2v) is 6.36. The highest BCUT2D eigenvalue weighted by molar-refractivity contribution is 7.09. The summed E-state index contributed by atoms with van der Waals surface area (Å²) in [5.74, 6) is 0.893. The van der Waals surface area contributed by atoms with Gasteiger partial charge in [-0.3, -0.25) is 0 Å². The molecule has 2 amide bonds. The van der Waals surface area contributed by atoms with Gasteiger partial charge in [0.05, 0.1) is 16.9 Å². The van der Waals surface area contributed by atoms with Crippen molar-refractivity contribution in [2.75, 3.05) is 18.9 Å². The molecule has 0 bridgehead atoms. The van der Waals surface area contributed by atoms with Crippen LogP contribution in [0, 0.1) is 0 Å². The zero-order chi connectivity index (χ0) is 16.9. The maximum Gasteiger partial charge on any atom is 0.321 e. The van der Waals surface area contributed by atoms with E-state index in [4.69, 9.17) is 0 Å². The van der Waals surface area contributed by atoms with Gasteiger partial charge in [0, 0.05) is 43.5 Å². The van der Waals surface area contributed by atoms with E-state index >= 15 is 0 Å². The molecule has 24 heavy (non-hydrogen) atoms. The minimum absolute atomic E-state index is 0.174. The summed E-state index contributed by atoms with van der Waals surface area (Å²) in [5.41, 5.74) is 0.643. The van der Waals surface area contributed by atoms with Crippen molar-refractivity contribution in [2.24, 2.45) is 0 Å². The Morgan fingerprint density at radius 3 is 2.88 bits per heavy atom. The summed E-state index contributed by atoms with van der Waals surface area (Å²) in [5, 5.41) is 9.93. The standard InChI is InChI=1S/C16H18N6OS/c1-12(15-17-7-9-24-15)11-21(2)16(23)20-13-4-5-14(18-10-13)22-8-3-6-19-22/h3-10,12H,11H2,1-2H3,(H,20,23). The highest BCUT2D eigenvalue weighted by Crippen LogP contribution is 2.18. The number of hydrogen-bond donors (Lipinski definition) is 1. The van der Waals surface area contributed by atoms with Crippen LogP contribution in [0.5, 0.6) is 0 Å². The Hall–Kier alpha value is -2.74. The highest BCUT2D eigenvalue weighted by atomic mass is 32.1. The van der Waals surface area contributed by atoms with Crippen LogP contribution in [0.3, 0.4) is 0 Å². The molecule has 3 heterocycles. The van der Waals surface area contributed by atoms with Crippen LogP contribution in [-0.2, 0) is 0 Å². The van der Waals surface area contributed by atoms with E-state index in [-0.39, 0.29) is 11.9 Å². The number of pyridine rings is 1. The van der Waals surface area contributed by atoms with Crippen molar-refractivity contribution in [1.82, 2.24) is 24.6 Å². The van der Waals surface area contributed by atoms with Gasteiger partial charge in [-0.1, -0.05) is 6.92 Å². The Balaban J connectivity index is 1.58. The lowest BCUT2D eigenvalue weighted by Gasteiger charge is -2.21. The molecular weight excluding hydrogens is 324 g/mol. The maximum absolute atomic E-state index is 12.3. The third-order valence-electron chi connectivity index (χ3n) is 3.51. The fourth-order valence-electron chi connectivity index (χ4n) is 2.27. The summed E-state index contributed by atoms with van der Waals surface area (Å²) in [4.78, 5) is 22.5. The average molecular weight is 342 g/mol. The molecule has 0 aliphatic carbocycles. The molecular formula is C16H18N6OS. The molecule has 8 heteroatoms. The molecule has 0 aliphatic heterocycles. The molecule has 1 unspecified atom stereocenters. The lowest BCUT2D eigenvalue weighted by atomic mass is 10.2. The number of carbonyl (C=O) groups is 1. The van der Waals surface area contributed by atoms with Crippen LogP contribution >= 0.6 is 11.3 Å². The summed E-state index contributed by atoms with van der Waals surface area (Å²) in [6.07, 6.45) is 6.90. The molecule has 1 atom stereocenters. The Bertz CT molecular complexity index is 770. The highest BCUT2D eigenvalue weighted by Gasteiger charge is 2.15. The van der Waals surface area contributed by atoms with Gasteiger partial charge in [0.25, 0.3) is 0 Å². The van der Waals surface area contributed by atoms with Crippen molar-refractivity contribution >= 4 is 23.1 Å². The molecule has 3 rings (SSSR count). The fourth-order valence-corrected chi connectivity index (χ4v) is 2.96. The van der Waals surface area contributed by atoms with E-state index < -0.39 is 0 Å². The molecule has 0 saturated carbocycles. The summed E-state index contributed by atoms with van der Waals surface area (Å²) in [6.45, 7) is 2.65. The SMILES string of the molecule is CC(CN(C)C(=O)Nc1ccc(-n2cccn2)nc1)c1nccs1. The van der Waals surface area contributed by atoms with Crippen LogP contribution in [0.2, 0.25) is 0 Å². The number of urea groups is 1. The van der Waals surface area contributed by atoms with Gasteiger partial charge >= 0.3 is 6.03 Å². The van der Waals surface area contributed by atoms with E-state index in [1.54, 1.807) is 58.7 Å². The minimum atomic E-state index is -0.174. The lowest BCUT2D eigenvalue weighted by molar-refractivity contribution is 0.220. The summed E-state index contributed by atoms with van der Waals surface area (Å²) < 4.78 is 1.66. The second-order valence-electron chi connectivity index (χ2n) is 5.44. The second kappa shape index (κ2) is 7.22. The molecule has 3 aromatic heterocycles. The van der Waals surface area contributed by atoms with Crippen LogP contribution in [0.1, 0.15) is 17.8 Å². The zero-order valence-electron chi connectivity index (χ0n) is 13.5. The first-order valence-electron chi connectivity index (χ1n) is 7.51. The van der Waals surface area contributed by atoms with E-state index in [0.29, 0.717) is 18.1 Å². The zero-order valence-corrected chi connectivity index (χ0v) is 14.3. The molecule has 0 aliphatic rings. The topological polar surface area (TPSA) is 75.9 Å². The van der Waals surface area contributed by atoms with E-state index in [0.717, 1.165) is 5.01 Å². The van der Waals surface area contributed by atoms with E-state index in [1.807, 2.05) is 17.6 Å².